The van der Waals surface area contributed by atoms with Gasteiger partial charge in [-0.25, -0.2) is 4.79 Å². The van der Waals surface area contributed by atoms with Crippen LogP contribution in [0.5, 0.6) is 0 Å². The molecular formula is C16H21NO3. The molecule has 1 aromatic carbocycles. The highest BCUT2D eigenvalue weighted by Crippen LogP contribution is 2.29. The number of hydrogen-bond acceptors (Lipinski definition) is 2. The maximum atomic E-state index is 12.4. The van der Waals surface area contributed by atoms with Gasteiger partial charge in [-0.1, -0.05) is 44.2 Å². The van der Waals surface area contributed by atoms with E-state index in [9.17, 15) is 9.59 Å². The van der Waals surface area contributed by atoms with Gasteiger partial charge in [0.2, 0.25) is 5.91 Å². The Hall–Kier alpha value is -1.84. The summed E-state index contributed by atoms with van der Waals surface area (Å²) in [5.41, 5.74) is 0.809. The van der Waals surface area contributed by atoms with E-state index in [4.69, 9.17) is 5.11 Å². The zero-order valence-electron chi connectivity index (χ0n) is 12.0. The lowest BCUT2D eigenvalue weighted by atomic mass is 9.81. The molecule has 1 aliphatic heterocycles. The van der Waals surface area contributed by atoms with Crippen LogP contribution in [0.4, 0.5) is 0 Å². The molecule has 1 saturated heterocycles. The standard InChI is InChI=1S/C16H21NO3/c1-16(2,12-7-4-3-5-8-12)11-14(18)17-10-6-9-13(17)15(19)20/h3-5,7-8,13H,6,9-11H2,1-2H3,(H,19,20). The monoisotopic (exact) mass is 275 g/mol. The van der Waals surface area contributed by atoms with Crippen LogP contribution in [0, 0.1) is 0 Å². The number of nitrogens with zero attached hydrogens (tertiary/aromatic N) is 1. The quantitative estimate of drug-likeness (QED) is 0.918. The zero-order valence-corrected chi connectivity index (χ0v) is 12.0. The Bertz CT molecular complexity index is 496. The summed E-state index contributed by atoms with van der Waals surface area (Å²) in [6.45, 7) is 4.60. The molecule has 0 spiro atoms. The number of carbonyl (C=O) groups excluding carboxylic acids is 1. The van der Waals surface area contributed by atoms with E-state index in [0.29, 0.717) is 19.4 Å². The molecule has 1 heterocycles. The van der Waals surface area contributed by atoms with Gasteiger partial charge in [-0.3, -0.25) is 4.79 Å². The van der Waals surface area contributed by atoms with Crippen molar-refractivity contribution >= 4 is 11.9 Å². The Kier molecular flexibility index (Phi) is 4.12. The van der Waals surface area contributed by atoms with E-state index in [2.05, 4.69) is 0 Å². The summed E-state index contributed by atoms with van der Waals surface area (Å²) in [6.07, 6.45) is 1.67. The van der Waals surface area contributed by atoms with E-state index >= 15 is 0 Å². The third kappa shape index (κ3) is 3.00. The van der Waals surface area contributed by atoms with Crippen LogP contribution >= 0.6 is 0 Å². The summed E-state index contributed by atoms with van der Waals surface area (Å²) in [5.74, 6) is -0.961. The first-order valence-corrected chi connectivity index (χ1v) is 6.99. The van der Waals surface area contributed by atoms with E-state index < -0.39 is 12.0 Å². The second kappa shape index (κ2) is 5.65. The maximum Gasteiger partial charge on any atom is 0.326 e. The number of amides is 1. The summed E-state index contributed by atoms with van der Waals surface area (Å²) in [5, 5.41) is 9.15. The predicted molar refractivity (Wildman–Crippen MR) is 76.5 cm³/mol. The van der Waals surface area contributed by atoms with Crippen molar-refractivity contribution in [3.63, 3.8) is 0 Å². The van der Waals surface area contributed by atoms with Crippen molar-refractivity contribution in [1.82, 2.24) is 4.90 Å². The lowest BCUT2D eigenvalue weighted by Gasteiger charge is -2.29. The SMILES string of the molecule is CC(C)(CC(=O)N1CCCC1C(=O)O)c1ccccc1. The van der Waals surface area contributed by atoms with E-state index in [-0.39, 0.29) is 11.3 Å². The van der Waals surface area contributed by atoms with Crippen LogP contribution in [-0.4, -0.2) is 34.5 Å². The zero-order chi connectivity index (χ0) is 14.8. The minimum atomic E-state index is -0.895. The van der Waals surface area contributed by atoms with Crippen molar-refractivity contribution in [2.45, 2.75) is 44.6 Å². The fourth-order valence-corrected chi connectivity index (χ4v) is 2.79. The van der Waals surface area contributed by atoms with Crippen LogP contribution in [0.3, 0.4) is 0 Å². The lowest BCUT2D eigenvalue weighted by molar-refractivity contribution is -0.148. The molecule has 4 heteroatoms. The maximum absolute atomic E-state index is 12.4. The molecule has 108 valence electrons. The van der Waals surface area contributed by atoms with Gasteiger partial charge in [0.25, 0.3) is 0 Å². The van der Waals surface area contributed by atoms with Gasteiger partial charge in [0.15, 0.2) is 0 Å². The number of carbonyl (C=O) groups is 2. The normalized spacial score (nSPS) is 19.1. The molecule has 1 fully saturated rings. The van der Waals surface area contributed by atoms with Crippen LogP contribution < -0.4 is 0 Å². The molecule has 0 saturated carbocycles. The lowest BCUT2D eigenvalue weighted by Crippen LogP contribution is -2.42. The Morgan fingerprint density at radius 3 is 2.55 bits per heavy atom. The molecule has 1 aromatic rings. The number of rotatable bonds is 4. The van der Waals surface area contributed by atoms with Crippen molar-refractivity contribution in [2.75, 3.05) is 6.54 Å². The average Bonchev–Trinajstić information content (AvgIpc) is 2.88. The van der Waals surface area contributed by atoms with Gasteiger partial charge in [0.1, 0.15) is 6.04 Å². The van der Waals surface area contributed by atoms with E-state index in [1.54, 1.807) is 0 Å². The largest absolute Gasteiger partial charge is 0.480 e. The number of carboxylic acids is 1. The van der Waals surface area contributed by atoms with Crippen molar-refractivity contribution in [3.05, 3.63) is 35.9 Å². The first kappa shape index (κ1) is 14.6. The van der Waals surface area contributed by atoms with Gasteiger partial charge in [-0.2, -0.15) is 0 Å². The van der Waals surface area contributed by atoms with Crippen molar-refractivity contribution in [2.24, 2.45) is 0 Å². The summed E-state index contributed by atoms with van der Waals surface area (Å²) in [4.78, 5) is 25.1. The predicted octanol–water partition coefficient (Wildman–Crippen LogP) is 2.43. The van der Waals surface area contributed by atoms with Crippen molar-refractivity contribution in [3.8, 4) is 0 Å². The Morgan fingerprint density at radius 2 is 1.95 bits per heavy atom. The van der Waals surface area contributed by atoms with Crippen LogP contribution in [-0.2, 0) is 15.0 Å². The molecule has 1 unspecified atom stereocenters. The first-order chi connectivity index (χ1) is 9.42. The molecular weight excluding hydrogens is 254 g/mol. The fraction of sp³-hybridized carbons (Fsp3) is 0.500. The van der Waals surface area contributed by atoms with E-state index in [0.717, 1.165) is 12.0 Å². The topological polar surface area (TPSA) is 57.6 Å². The molecule has 1 atom stereocenters. The minimum Gasteiger partial charge on any atom is -0.480 e. The summed E-state index contributed by atoms with van der Waals surface area (Å²) >= 11 is 0. The molecule has 1 N–H and O–H groups in total. The highest BCUT2D eigenvalue weighted by atomic mass is 16.4. The number of benzene rings is 1. The molecule has 20 heavy (non-hydrogen) atoms. The van der Waals surface area contributed by atoms with Crippen LogP contribution in [0.2, 0.25) is 0 Å². The molecule has 1 aliphatic rings. The van der Waals surface area contributed by atoms with Crippen LogP contribution in [0.15, 0.2) is 30.3 Å². The van der Waals surface area contributed by atoms with Crippen LogP contribution in [0.1, 0.15) is 38.7 Å². The molecule has 4 nitrogen and oxygen atoms in total. The van der Waals surface area contributed by atoms with Gasteiger partial charge < -0.3 is 10.0 Å². The highest BCUT2D eigenvalue weighted by Gasteiger charge is 2.36. The summed E-state index contributed by atoms with van der Waals surface area (Å²) < 4.78 is 0. The molecule has 1 amide bonds. The van der Waals surface area contributed by atoms with Gasteiger partial charge in [-0.15, -0.1) is 0 Å². The number of aliphatic carboxylic acids is 1. The molecule has 0 radical (unpaired) electrons. The summed E-state index contributed by atoms with van der Waals surface area (Å²) in [6, 6.07) is 9.23. The molecule has 2 rings (SSSR count). The minimum absolute atomic E-state index is 0.0660. The molecule has 0 bridgehead atoms. The Balaban J connectivity index is 2.09. The van der Waals surface area contributed by atoms with Gasteiger partial charge in [0.05, 0.1) is 0 Å². The highest BCUT2D eigenvalue weighted by molar-refractivity contribution is 5.85. The second-order valence-corrected chi connectivity index (χ2v) is 6.01. The van der Waals surface area contributed by atoms with Gasteiger partial charge >= 0.3 is 5.97 Å². The molecule has 0 aromatic heterocycles. The van der Waals surface area contributed by atoms with E-state index in [1.807, 2.05) is 44.2 Å². The Morgan fingerprint density at radius 1 is 1.30 bits per heavy atom. The fourth-order valence-electron chi connectivity index (χ4n) is 2.79. The summed E-state index contributed by atoms with van der Waals surface area (Å²) in [7, 11) is 0. The van der Waals surface area contributed by atoms with Gasteiger partial charge in [-0.05, 0) is 23.8 Å². The van der Waals surface area contributed by atoms with Gasteiger partial charge in [0, 0.05) is 13.0 Å². The van der Waals surface area contributed by atoms with Crippen LogP contribution in [0.25, 0.3) is 0 Å². The number of hydrogen-bond donors (Lipinski definition) is 1. The number of carboxylic acid groups (broad SMARTS) is 1. The second-order valence-electron chi connectivity index (χ2n) is 6.01. The average molecular weight is 275 g/mol. The van der Waals surface area contributed by atoms with Crippen molar-refractivity contribution in [1.29, 1.82) is 0 Å². The third-order valence-corrected chi connectivity index (χ3v) is 4.01. The van der Waals surface area contributed by atoms with E-state index in [1.165, 1.54) is 4.90 Å². The van der Waals surface area contributed by atoms with Crippen molar-refractivity contribution < 1.29 is 14.7 Å². The third-order valence-electron chi connectivity index (χ3n) is 4.01. The first-order valence-electron chi connectivity index (χ1n) is 6.99. The number of likely N-dealkylation sites (tertiary alicyclic amines) is 1. The smallest absolute Gasteiger partial charge is 0.326 e. The Labute approximate surface area is 119 Å². The molecule has 0 aliphatic carbocycles.